The number of aromatic nitrogens is 2. The smallest absolute Gasteiger partial charge is 0.124 e. The number of hydrogen-bond donors (Lipinski definition) is 1. The highest BCUT2D eigenvalue weighted by molar-refractivity contribution is 5.83. The van der Waals surface area contributed by atoms with Crippen LogP contribution >= 0.6 is 0 Å². The molecule has 0 saturated carbocycles. The first-order chi connectivity index (χ1) is 14.2. The molecule has 30 heavy (non-hydrogen) atoms. The number of H-pyrrole nitrogens is 1. The highest BCUT2D eigenvalue weighted by Gasteiger charge is 2.38. The monoisotopic (exact) mass is 409 g/mol. The second kappa shape index (κ2) is 7.69. The first-order valence-electron chi connectivity index (χ1n) is 10.8. The van der Waals surface area contributed by atoms with Gasteiger partial charge in [0.25, 0.3) is 0 Å². The van der Waals surface area contributed by atoms with Crippen molar-refractivity contribution in [2.45, 2.75) is 64.7 Å². The summed E-state index contributed by atoms with van der Waals surface area (Å²) in [5.41, 5.74) is 4.57. The molecule has 1 aliphatic heterocycles. The van der Waals surface area contributed by atoms with Crippen molar-refractivity contribution in [3.05, 3.63) is 58.8 Å². The van der Waals surface area contributed by atoms with Crippen LogP contribution in [0.1, 0.15) is 68.8 Å². The van der Waals surface area contributed by atoms with Crippen LogP contribution in [0.3, 0.4) is 0 Å². The molecule has 0 fully saturated rings. The topological polar surface area (TPSA) is 41.1 Å². The van der Waals surface area contributed by atoms with Gasteiger partial charge in [-0.3, -0.25) is 10.00 Å². The second-order valence-electron chi connectivity index (χ2n) is 9.47. The Morgan fingerprint density at radius 1 is 1.23 bits per heavy atom. The fourth-order valence-corrected chi connectivity index (χ4v) is 4.76. The van der Waals surface area contributed by atoms with Gasteiger partial charge in [0.05, 0.1) is 24.9 Å². The Bertz CT molecular complexity index is 1050. The summed E-state index contributed by atoms with van der Waals surface area (Å²) < 4.78 is 20.7. The largest absolute Gasteiger partial charge is 0.496 e. The minimum Gasteiger partial charge on any atom is -0.496 e. The molecule has 1 aliphatic rings. The predicted molar refractivity (Wildman–Crippen MR) is 120 cm³/mol. The molecular formula is C25H32FN3O. The van der Waals surface area contributed by atoms with Crippen LogP contribution in [0, 0.1) is 0 Å². The molecule has 160 valence electrons. The maximum Gasteiger partial charge on any atom is 0.124 e. The highest BCUT2D eigenvalue weighted by atomic mass is 19.1. The zero-order valence-electron chi connectivity index (χ0n) is 18.8. The van der Waals surface area contributed by atoms with Gasteiger partial charge in [0.2, 0.25) is 0 Å². The van der Waals surface area contributed by atoms with Gasteiger partial charge in [-0.05, 0) is 61.9 Å². The first-order valence-corrected chi connectivity index (χ1v) is 10.8. The normalized spacial score (nSPS) is 20.0. The maximum atomic E-state index is 14.9. The molecule has 2 atom stereocenters. The Kier molecular flexibility index (Phi) is 5.35. The number of nitrogens with zero attached hydrogens (tertiary/aromatic N) is 2. The lowest BCUT2D eigenvalue weighted by molar-refractivity contribution is 0.0672. The van der Waals surface area contributed by atoms with Crippen LogP contribution in [0.15, 0.2) is 36.5 Å². The van der Waals surface area contributed by atoms with Crippen LogP contribution in [0.4, 0.5) is 4.39 Å². The number of nitrogens with one attached hydrogen (secondary N) is 1. The van der Waals surface area contributed by atoms with Crippen molar-refractivity contribution < 1.29 is 9.13 Å². The predicted octanol–water partition coefficient (Wildman–Crippen LogP) is 5.78. The van der Waals surface area contributed by atoms with Gasteiger partial charge in [0.15, 0.2) is 0 Å². The summed E-state index contributed by atoms with van der Waals surface area (Å²) in [4.78, 5) is 2.29. The molecule has 2 aromatic carbocycles. The quantitative estimate of drug-likeness (QED) is 0.581. The molecule has 4 rings (SSSR count). The molecular weight excluding hydrogens is 377 g/mol. The number of fused-ring (bicyclic) bond motifs is 3. The van der Waals surface area contributed by atoms with E-state index in [0.29, 0.717) is 12.5 Å². The number of methoxy groups -OCH3 is 1. The Morgan fingerprint density at radius 3 is 2.63 bits per heavy atom. The molecule has 1 unspecified atom stereocenters. The van der Waals surface area contributed by atoms with Gasteiger partial charge in [-0.15, -0.1) is 0 Å². The number of alkyl halides is 1. The van der Waals surface area contributed by atoms with Crippen LogP contribution in [0.25, 0.3) is 10.9 Å². The number of hydrogen-bond acceptors (Lipinski definition) is 3. The molecule has 0 radical (unpaired) electrons. The van der Waals surface area contributed by atoms with E-state index < -0.39 is 5.67 Å². The SMILES string of the molecule is COc1cc(C(C)C)ccc1C1c2ccc3[nH]ncc3c2C[C@@H](C)N1CC(C)(C)F. The van der Waals surface area contributed by atoms with Gasteiger partial charge >= 0.3 is 0 Å². The van der Waals surface area contributed by atoms with E-state index in [-0.39, 0.29) is 12.1 Å². The van der Waals surface area contributed by atoms with Crippen molar-refractivity contribution in [1.29, 1.82) is 0 Å². The van der Waals surface area contributed by atoms with Crippen LogP contribution in [-0.4, -0.2) is 40.5 Å². The first kappa shape index (κ1) is 20.9. The molecule has 0 spiro atoms. The summed E-state index contributed by atoms with van der Waals surface area (Å²) in [6, 6.07) is 10.8. The van der Waals surface area contributed by atoms with Crippen LogP contribution < -0.4 is 4.74 Å². The van der Waals surface area contributed by atoms with Gasteiger partial charge in [-0.1, -0.05) is 32.0 Å². The van der Waals surface area contributed by atoms with Crippen molar-refractivity contribution in [1.82, 2.24) is 15.1 Å². The number of benzene rings is 2. The zero-order valence-corrected chi connectivity index (χ0v) is 18.8. The molecule has 5 heteroatoms. The van der Waals surface area contributed by atoms with E-state index in [2.05, 4.69) is 66.2 Å². The van der Waals surface area contributed by atoms with Gasteiger partial charge < -0.3 is 4.74 Å². The summed E-state index contributed by atoms with van der Waals surface area (Å²) in [5.74, 6) is 1.28. The molecule has 0 bridgehead atoms. The molecule has 0 aliphatic carbocycles. The lowest BCUT2D eigenvalue weighted by Gasteiger charge is -2.44. The Hall–Kier alpha value is -2.40. The van der Waals surface area contributed by atoms with Gasteiger partial charge in [-0.2, -0.15) is 5.10 Å². The van der Waals surface area contributed by atoms with Gasteiger partial charge in [-0.25, -0.2) is 4.39 Å². The number of halogens is 1. The molecule has 4 nitrogen and oxygen atoms in total. The van der Waals surface area contributed by atoms with Gasteiger partial charge in [0.1, 0.15) is 11.4 Å². The Morgan fingerprint density at radius 2 is 1.97 bits per heavy atom. The lowest BCUT2D eigenvalue weighted by atomic mass is 9.82. The Balaban J connectivity index is 1.93. The number of rotatable bonds is 5. The summed E-state index contributed by atoms with van der Waals surface area (Å²) in [7, 11) is 1.72. The molecule has 1 N–H and O–H groups in total. The van der Waals surface area contributed by atoms with E-state index in [9.17, 15) is 4.39 Å². The van der Waals surface area contributed by atoms with Crippen molar-refractivity contribution in [2.24, 2.45) is 0 Å². The molecule has 3 aromatic rings. The van der Waals surface area contributed by atoms with Crippen molar-refractivity contribution in [2.75, 3.05) is 13.7 Å². The summed E-state index contributed by atoms with van der Waals surface area (Å²) in [5, 5.41) is 8.49. The fourth-order valence-electron chi connectivity index (χ4n) is 4.76. The minimum absolute atomic E-state index is 0.0748. The van der Waals surface area contributed by atoms with Gasteiger partial charge in [0, 0.05) is 23.5 Å². The molecule has 1 aromatic heterocycles. The zero-order chi connectivity index (χ0) is 21.6. The third-order valence-corrected chi connectivity index (χ3v) is 6.24. The van der Waals surface area contributed by atoms with Crippen molar-refractivity contribution >= 4 is 10.9 Å². The highest BCUT2D eigenvalue weighted by Crippen LogP contribution is 2.44. The Labute approximate surface area is 178 Å². The van der Waals surface area contributed by atoms with Crippen molar-refractivity contribution in [3.8, 4) is 5.75 Å². The number of aromatic amines is 1. The van der Waals surface area contributed by atoms with E-state index >= 15 is 0 Å². The van der Waals surface area contributed by atoms with E-state index in [4.69, 9.17) is 4.74 Å². The molecule has 0 amide bonds. The second-order valence-corrected chi connectivity index (χ2v) is 9.47. The average Bonchev–Trinajstić information content (AvgIpc) is 3.16. The minimum atomic E-state index is -1.30. The van der Waals surface area contributed by atoms with Crippen LogP contribution in [-0.2, 0) is 6.42 Å². The standard InChI is InChI=1S/C25H32FN3O/c1-15(2)17-7-8-19(23(12-17)30-6)24-18-9-10-22-21(13-27-28-22)20(18)11-16(3)29(24)14-25(4,5)26/h7-10,12-13,15-16,24H,11,14H2,1-6H3,(H,27,28)/t16-,24?/m1/s1. The van der Waals surface area contributed by atoms with Crippen LogP contribution in [0.2, 0.25) is 0 Å². The van der Waals surface area contributed by atoms with E-state index in [1.165, 1.54) is 16.7 Å². The van der Waals surface area contributed by atoms with Crippen molar-refractivity contribution in [3.63, 3.8) is 0 Å². The fraction of sp³-hybridized carbons (Fsp3) is 0.480. The van der Waals surface area contributed by atoms with E-state index in [1.807, 2.05) is 6.20 Å². The molecule has 0 saturated heterocycles. The number of ether oxygens (including phenoxy) is 1. The van der Waals surface area contributed by atoms with E-state index in [0.717, 1.165) is 28.6 Å². The summed E-state index contributed by atoms with van der Waals surface area (Å²) in [6.07, 6.45) is 2.77. The average molecular weight is 410 g/mol. The van der Waals surface area contributed by atoms with Crippen LogP contribution in [0.5, 0.6) is 5.75 Å². The molecule has 2 heterocycles. The summed E-state index contributed by atoms with van der Waals surface area (Å²) in [6.45, 7) is 10.2. The lowest BCUT2D eigenvalue weighted by Crippen LogP contribution is -2.47. The maximum absolute atomic E-state index is 14.9. The summed E-state index contributed by atoms with van der Waals surface area (Å²) >= 11 is 0. The van der Waals surface area contributed by atoms with E-state index in [1.54, 1.807) is 21.0 Å². The third kappa shape index (κ3) is 3.71. The third-order valence-electron chi connectivity index (χ3n) is 6.24.